The summed E-state index contributed by atoms with van der Waals surface area (Å²) >= 11 is 0. The first-order valence-corrected chi connectivity index (χ1v) is 24.8. The summed E-state index contributed by atoms with van der Waals surface area (Å²) in [5.41, 5.74) is 4.51. The third-order valence-electron chi connectivity index (χ3n) is 14.4. The van der Waals surface area contributed by atoms with Gasteiger partial charge in [-0.15, -0.1) is 0 Å². The van der Waals surface area contributed by atoms with Gasteiger partial charge in [0.15, 0.2) is 0 Å². The van der Waals surface area contributed by atoms with E-state index in [9.17, 15) is 23.4 Å². The van der Waals surface area contributed by atoms with Gasteiger partial charge in [-0.25, -0.2) is 15.0 Å². The maximum atomic E-state index is 13.1. The number of likely N-dealkylation sites (tertiary alicyclic amines) is 1. The van der Waals surface area contributed by atoms with Gasteiger partial charge in [-0.1, -0.05) is 37.8 Å². The molecule has 3 saturated heterocycles. The molecule has 1 aromatic carbocycles. The highest BCUT2D eigenvalue weighted by molar-refractivity contribution is 7.85. The number of unbranched alkanes of at least 4 members (excludes halogenated alkanes) is 5. The Morgan fingerprint density at radius 2 is 1.62 bits per heavy atom. The number of hydrogen-bond acceptors (Lipinski definition) is 12. The van der Waals surface area contributed by atoms with Crippen LogP contribution in [-0.2, 0) is 38.1 Å². The van der Waals surface area contributed by atoms with Crippen molar-refractivity contribution in [3.8, 4) is 0 Å². The number of rotatable bonds is 16. The van der Waals surface area contributed by atoms with Crippen molar-refractivity contribution in [1.82, 2.24) is 35.1 Å². The number of nitrogens with one attached hydrogen (secondary N) is 3. The minimum atomic E-state index is -1.05. The molecule has 63 heavy (non-hydrogen) atoms. The van der Waals surface area contributed by atoms with E-state index in [4.69, 9.17) is 9.97 Å². The summed E-state index contributed by atoms with van der Waals surface area (Å²) in [5.74, 6) is 2.84. The van der Waals surface area contributed by atoms with Crippen molar-refractivity contribution in [3.63, 3.8) is 0 Å². The molecule has 5 aliphatic heterocycles. The zero-order valence-electron chi connectivity index (χ0n) is 36.7. The molecule has 1 saturated carbocycles. The number of carbonyl (C=O) groups excluding carboxylic acids is 4. The molecule has 2 unspecified atom stereocenters. The van der Waals surface area contributed by atoms with Crippen molar-refractivity contribution in [2.45, 2.75) is 151 Å². The lowest BCUT2D eigenvalue weighted by Crippen LogP contribution is -2.52. The van der Waals surface area contributed by atoms with Crippen molar-refractivity contribution in [3.05, 3.63) is 58.8 Å². The molecule has 4 fully saturated rings. The minimum Gasteiger partial charge on any atom is -0.364 e. The van der Waals surface area contributed by atoms with Crippen LogP contribution in [0.2, 0.25) is 0 Å². The molecular formula is C47H62N10O5S. The van der Waals surface area contributed by atoms with E-state index in [1.807, 2.05) is 6.07 Å². The summed E-state index contributed by atoms with van der Waals surface area (Å²) < 4.78 is 12.8. The number of piperidine rings is 3. The van der Waals surface area contributed by atoms with Gasteiger partial charge in [0.05, 0.1) is 34.6 Å². The van der Waals surface area contributed by atoms with Crippen LogP contribution in [0.15, 0.2) is 35.5 Å². The highest BCUT2D eigenvalue weighted by Gasteiger charge is 2.40. The Bertz CT molecular complexity index is 2220. The van der Waals surface area contributed by atoms with Gasteiger partial charge in [0.25, 0.3) is 5.91 Å². The largest absolute Gasteiger partial charge is 0.364 e. The molecule has 7 heterocycles. The Labute approximate surface area is 372 Å². The lowest BCUT2D eigenvalue weighted by atomic mass is 9.78. The molecule has 3 N–H and O–H groups in total. The first kappa shape index (κ1) is 43.4. The van der Waals surface area contributed by atoms with E-state index in [0.29, 0.717) is 42.3 Å². The number of nitrogens with zero attached hydrogens (tertiary/aromatic N) is 7. The highest BCUT2D eigenvalue weighted by atomic mass is 32.2. The smallest absolute Gasteiger partial charge is 0.255 e. The van der Waals surface area contributed by atoms with Crippen LogP contribution in [0.5, 0.6) is 0 Å². The van der Waals surface area contributed by atoms with Gasteiger partial charge in [-0.3, -0.25) is 28.7 Å². The summed E-state index contributed by atoms with van der Waals surface area (Å²) in [6, 6.07) is 5.61. The number of anilines is 3. The predicted octanol–water partition coefficient (Wildman–Crippen LogP) is 5.98. The summed E-state index contributed by atoms with van der Waals surface area (Å²) in [5, 5.41) is 8.99. The van der Waals surface area contributed by atoms with Crippen molar-refractivity contribution in [1.29, 1.82) is 0 Å². The molecule has 4 amide bonds. The highest BCUT2D eigenvalue weighted by Crippen LogP contribution is 2.39. The van der Waals surface area contributed by atoms with Gasteiger partial charge in [0, 0.05) is 61.7 Å². The quantitative estimate of drug-likeness (QED) is 0.113. The van der Waals surface area contributed by atoms with E-state index in [1.165, 1.54) is 31.2 Å². The number of aromatic nitrogens is 4. The van der Waals surface area contributed by atoms with Crippen LogP contribution in [0.1, 0.15) is 154 Å². The Hall–Kier alpha value is -4.83. The van der Waals surface area contributed by atoms with E-state index in [1.54, 1.807) is 17.3 Å². The fourth-order valence-corrected chi connectivity index (χ4v) is 11.7. The third-order valence-corrected chi connectivity index (χ3v) is 15.8. The van der Waals surface area contributed by atoms with Crippen LogP contribution in [0.25, 0.3) is 0 Å². The molecule has 0 radical (unpaired) electrons. The van der Waals surface area contributed by atoms with Gasteiger partial charge < -0.3 is 25.3 Å². The fourth-order valence-electron chi connectivity index (χ4n) is 10.4. The first-order valence-electron chi connectivity index (χ1n) is 23.5. The molecule has 2 atom stereocenters. The molecular weight excluding hydrogens is 817 g/mol. The minimum absolute atomic E-state index is 0.00368. The van der Waals surface area contributed by atoms with Gasteiger partial charge in [0.2, 0.25) is 23.7 Å². The van der Waals surface area contributed by atoms with Gasteiger partial charge in [0.1, 0.15) is 22.6 Å². The Morgan fingerprint density at radius 1 is 0.889 bits per heavy atom. The normalized spacial score (nSPS) is 22.7. The van der Waals surface area contributed by atoms with E-state index in [-0.39, 0.29) is 41.5 Å². The average Bonchev–Trinajstić information content (AvgIpc) is 3.82. The zero-order valence-corrected chi connectivity index (χ0v) is 37.5. The fraction of sp³-hybridized carbons (Fsp3) is 0.617. The third kappa shape index (κ3) is 9.96. The number of aryl methyl sites for hydroxylation is 1. The number of hydrogen-bond donors (Lipinski definition) is 3. The standard InChI is InChI=1S/C47H62N10O5S/c1-47(19-8-20-47)54-43-41-37(18-26-63(41)62)51-46(53-43)56-24-16-32(17-25-56)42-48-28-35(29-49-42)50-39(58)9-6-4-2-3-5-7-21-55-22-14-31(15-23-55)33-10-11-36-34(27-33)30-57(45(36)61)38-12-13-40(59)52-44(38)60/h10-11,27-29,31-32,38H,2-9,12-26,30H2,1H3,(H,50,58)(H,51,53,54)(H,52,59,60). The van der Waals surface area contributed by atoms with Crippen LogP contribution < -0.4 is 20.9 Å². The second-order valence-electron chi connectivity index (χ2n) is 18.9. The van der Waals surface area contributed by atoms with Gasteiger partial charge in [-0.05, 0) is 114 Å². The lowest BCUT2D eigenvalue weighted by molar-refractivity contribution is -0.137. The topological polar surface area (TPSA) is 183 Å². The molecule has 9 rings (SSSR count). The Morgan fingerprint density at radius 3 is 2.35 bits per heavy atom. The number of carbonyl (C=O) groups is 4. The van der Waals surface area contributed by atoms with Crippen molar-refractivity contribution in [2.24, 2.45) is 0 Å². The molecule has 0 spiro atoms. The van der Waals surface area contributed by atoms with Gasteiger partial charge in [-0.2, -0.15) is 4.98 Å². The number of benzene rings is 1. The maximum Gasteiger partial charge on any atom is 0.255 e. The molecule has 3 aromatic rings. The van der Waals surface area contributed by atoms with Crippen molar-refractivity contribution < 1.29 is 23.4 Å². The Kier molecular flexibility index (Phi) is 13.2. The summed E-state index contributed by atoms with van der Waals surface area (Å²) in [6.45, 7) is 7.49. The second-order valence-corrected chi connectivity index (χ2v) is 20.4. The van der Waals surface area contributed by atoms with Crippen LogP contribution in [0, 0.1) is 0 Å². The summed E-state index contributed by atoms with van der Waals surface area (Å²) in [6.07, 6.45) is 19.3. The Balaban J connectivity index is 0.627. The molecule has 2 aromatic heterocycles. The van der Waals surface area contributed by atoms with Crippen LogP contribution in [-0.4, -0.2) is 108 Å². The van der Waals surface area contributed by atoms with Crippen molar-refractivity contribution >= 4 is 51.9 Å². The average molecular weight is 879 g/mol. The first-order chi connectivity index (χ1) is 30.6. The van der Waals surface area contributed by atoms with E-state index in [0.717, 1.165) is 131 Å². The molecule has 6 aliphatic rings. The van der Waals surface area contributed by atoms with Crippen LogP contribution in [0.4, 0.5) is 17.5 Å². The summed E-state index contributed by atoms with van der Waals surface area (Å²) in [7, 11) is -1.05. The van der Waals surface area contributed by atoms with Gasteiger partial charge >= 0.3 is 0 Å². The van der Waals surface area contributed by atoms with E-state index < -0.39 is 16.8 Å². The molecule has 0 bridgehead atoms. The molecule has 15 nitrogen and oxygen atoms in total. The number of amides is 4. The maximum absolute atomic E-state index is 13.1. The van der Waals surface area contributed by atoms with Crippen molar-refractivity contribution in [2.75, 3.05) is 54.0 Å². The molecule has 336 valence electrons. The SMILES string of the molecule is CC1(Nc2nc(N3CCC(c4ncc(NC(=O)CCCCCCCCN5CCC(c6ccc7c(c6)CN(C6CCC(=O)NC6=O)C7=O)CC5)cn4)CC3)nc3c2S(=O)CC3)CCC1. The number of fused-ring (bicyclic) bond motifs is 2. The van der Waals surface area contributed by atoms with E-state index >= 15 is 0 Å². The molecule has 16 heteroatoms. The molecule has 1 aliphatic carbocycles. The number of imide groups is 1. The monoisotopic (exact) mass is 878 g/mol. The predicted molar refractivity (Wildman–Crippen MR) is 241 cm³/mol. The van der Waals surface area contributed by atoms with Crippen LogP contribution in [0.3, 0.4) is 0 Å². The zero-order chi connectivity index (χ0) is 43.5. The van der Waals surface area contributed by atoms with E-state index in [2.05, 4.69) is 54.8 Å². The summed E-state index contributed by atoms with van der Waals surface area (Å²) in [4.78, 5) is 76.2. The van der Waals surface area contributed by atoms with Crippen LogP contribution >= 0.6 is 0 Å². The second kappa shape index (κ2) is 19.1. The lowest BCUT2D eigenvalue weighted by Gasteiger charge is -2.40.